The summed E-state index contributed by atoms with van der Waals surface area (Å²) in [5.41, 5.74) is 0.202. The number of rotatable bonds is 5. The average molecular weight is 600 g/mol. The smallest absolute Gasteiger partial charge is 0.126 e. The fourth-order valence-electron chi connectivity index (χ4n) is 11.0. The Labute approximate surface area is 267 Å². The predicted molar refractivity (Wildman–Crippen MR) is 164 cm³/mol. The zero-order valence-corrected chi connectivity index (χ0v) is 25.8. The first-order chi connectivity index (χ1) is 22.0. The van der Waals surface area contributed by atoms with Crippen molar-refractivity contribution in [2.45, 2.75) is 83.0 Å². The molecule has 1 N–H and O–H groups in total. The summed E-state index contributed by atoms with van der Waals surface area (Å²) in [5, 5.41) is 61.8. The highest BCUT2D eigenvalue weighted by molar-refractivity contribution is 5.41. The van der Waals surface area contributed by atoms with Crippen LogP contribution < -0.4 is 5.32 Å². The van der Waals surface area contributed by atoms with Gasteiger partial charge >= 0.3 is 0 Å². The maximum Gasteiger partial charge on any atom is 0.126 e. The number of fused-ring (bicyclic) bond motifs is 6. The summed E-state index contributed by atoms with van der Waals surface area (Å²) >= 11 is 0. The summed E-state index contributed by atoms with van der Waals surface area (Å²) < 4.78 is 6.60. The lowest BCUT2D eigenvalue weighted by Crippen LogP contribution is -2.52. The Morgan fingerprint density at radius 1 is 0.533 bits per heavy atom. The lowest BCUT2D eigenvalue weighted by atomic mass is 9.46. The molecule has 0 aromatic rings. The van der Waals surface area contributed by atoms with Crippen molar-refractivity contribution in [1.29, 1.82) is 31.6 Å². The minimum Gasteiger partial charge on any atom is -0.360 e. The molecule has 7 rings (SSSR count). The van der Waals surface area contributed by atoms with Crippen LogP contribution in [0, 0.1) is 133 Å². The molecule has 2 saturated heterocycles. The molecule has 2 bridgehead atoms. The van der Waals surface area contributed by atoms with Gasteiger partial charge in [-0.3, -0.25) is 5.32 Å². The number of nitrogens with one attached hydrogen (secondary N) is 1. The summed E-state index contributed by atoms with van der Waals surface area (Å²) in [7, 11) is 0. The molecule has 0 aromatic carbocycles. The molecule has 13 unspecified atom stereocenters. The van der Waals surface area contributed by atoms with Gasteiger partial charge in [-0.15, -0.1) is 0 Å². The molecule has 230 valence electrons. The van der Waals surface area contributed by atoms with E-state index in [1.54, 1.807) is 12.2 Å². The molecule has 0 radical (unpaired) electrons. The highest BCUT2D eigenvalue weighted by atomic mass is 16.5. The van der Waals surface area contributed by atoms with Gasteiger partial charge in [0.2, 0.25) is 0 Å². The van der Waals surface area contributed by atoms with E-state index in [2.05, 4.69) is 17.5 Å². The summed E-state index contributed by atoms with van der Waals surface area (Å²) in [6.07, 6.45) is 18.5. The third-order valence-corrected chi connectivity index (χ3v) is 12.7. The van der Waals surface area contributed by atoms with E-state index in [9.17, 15) is 31.6 Å². The second-order valence-electron chi connectivity index (χ2n) is 14.4. The van der Waals surface area contributed by atoms with E-state index in [1.807, 2.05) is 30.4 Å². The van der Waals surface area contributed by atoms with Crippen LogP contribution >= 0.6 is 0 Å². The molecule has 7 fully saturated rings. The SMILES string of the molecule is N#CC(C#N)=CC1C(C=C(C#N)C#N)C2CCC1C(C=C(C#N)C#N)C2C1CCCC(C2CCC3C(C2)OC2NCCCC23)C1. The molecule has 45 heavy (non-hydrogen) atoms. The van der Waals surface area contributed by atoms with Crippen LogP contribution in [0.25, 0.3) is 0 Å². The van der Waals surface area contributed by atoms with Gasteiger partial charge in [-0.2, -0.15) is 31.6 Å². The number of ether oxygens (including phenoxy) is 1. The third kappa shape index (κ3) is 5.92. The molecule has 0 amide bonds. The van der Waals surface area contributed by atoms with E-state index in [0.717, 1.165) is 45.1 Å². The summed E-state index contributed by atoms with van der Waals surface area (Å²) in [6, 6.07) is 12.3. The summed E-state index contributed by atoms with van der Waals surface area (Å²) in [4.78, 5) is 0. The number of piperidine rings is 1. The maximum absolute atomic E-state index is 9.77. The van der Waals surface area contributed by atoms with Gasteiger partial charge in [0.25, 0.3) is 0 Å². The lowest BCUT2D eigenvalue weighted by molar-refractivity contribution is -0.0661. The number of allylic oxidation sites excluding steroid dienone is 6. The van der Waals surface area contributed by atoms with Gasteiger partial charge in [0, 0.05) is 5.92 Å². The minimum absolute atomic E-state index is 0.00633. The summed E-state index contributed by atoms with van der Waals surface area (Å²) in [6.45, 7) is 1.05. The fraction of sp³-hybridized carbons (Fsp3) is 0.676. The van der Waals surface area contributed by atoms with Crippen LogP contribution in [0.15, 0.2) is 34.9 Å². The first-order valence-corrected chi connectivity index (χ1v) is 17.0. The Morgan fingerprint density at radius 2 is 1.09 bits per heavy atom. The average Bonchev–Trinajstić information content (AvgIpc) is 3.47. The molecule has 5 aliphatic carbocycles. The first-order valence-electron chi connectivity index (χ1n) is 17.0. The van der Waals surface area contributed by atoms with E-state index in [4.69, 9.17) is 4.74 Å². The van der Waals surface area contributed by atoms with Gasteiger partial charge in [-0.05, 0) is 117 Å². The minimum atomic E-state index is -0.225. The Bertz CT molecular complexity index is 1450. The topological polar surface area (TPSA) is 164 Å². The van der Waals surface area contributed by atoms with E-state index >= 15 is 0 Å². The highest BCUT2D eigenvalue weighted by Crippen LogP contribution is 2.61. The zero-order valence-electron chi connectivity index (χ0n) is 25.8. The van der Waals surface area contributed by atoms with Gasteiger partial charge in [0.1, 0.15) is 59.4 Å². The molecule has 13 atom stereocenters. The third-order valence-electron chi connectivity index (χ3n) is 12.7. The molecular weight excluding hydrogens is 558 g/mol. The van der Waals surface area contributed by atoms with Crippen molar-refractivity contribution in [1.82, 2.24) is 5.32 Å². The van der Waals surface area contributed by atoms with E-state index in [0.29, 0.717) is 35.7 Å². The van der Waals surface area contributed by atoms with Crippen molar-refractivity contribution in [2.24, 2.45) is 65.1 Å². The Hall–Kier alpha value is -3.92. The van der Waals surface area contributed by atoms with Crippen LogP contribution in [0.2, 0.25) is 0 Å². The lowest BCUT2D eigenvalue weighted by Gasteiger charge is -2.58. The number of nitrogens with zero attached hydrogens (tertiary/aromatic N) is 6. The Morgan fingerprint density at radius 3 is 1.76 bits per heavy atom. The second kappa shape index (κ2) is 13.6. The number of hydrogen-bond donors (Lipinski definition) is 1. The quantitative estimate of drug-likeness (QED) is 0.357. The molecule has 5 saturated carbocycles. The monoisotopic (exact) mass is 599 g/mol. The molecule has 2 aliphatic heterocycles. The van der Waals surface area contributed by atoms with Crippen LogP contribution in [0.3, 0.4) is 0 Å². The van der Waals surface area contributed by atoms with Gasteiger partial charge in [0.05, 0.1) is 6.10 Å². The van der Waals surface area contributed by atoms with Crippen LogP contribution in [0.5, 0.6) is 0 Å². The standard InChI is InChI=1S/C37H41N7O/c38-16-22(17-39)11-32-28-8-9-30(33(32)12-23(18-40)19-41)36(34(28)13-24(20-42)21-43)27-4-1-3-25(14-27)26-6-7-29-31-5-2-10-44-37(31)45-35(29)15-26/h11-13,25-37,44H,1-10,14-15H2. The number of nitriles is 6. The van der Waals surface area contributed by atoms with Crippen molar-refractivity contribution in [3.05, 3.63) is 34.9 Å². The van der Waals surface area contributed by atoms with Crippen LogP contribution in [0.1, 0.15) is 70.6 Å². The highest BCUT2D eigenvalue weighted by Gasteiger charge is 2.55. The van der Waals surface area contributed by atoms with Gasteiger partial charge in [-0.1, -0.05) is 37.5 Å². The van der Waals surface area contributed by atoms with Crippen molar-refractivity contribution < 1.29 is 4.74 Å². The van der Waals surface area contributed by atoms with E-state index < -0.39 is 0 Å². The molecule has 8 nitrogen and oxygen atoms in total. The Kier molecular flexibility index (Phi) is 9.40. The molecule has 2 heterocycles. The fourth-order valence-corrected chi connectivity index (χ4v) is 11.0. The molecule has 0 aromatic heterocycles. The number of hydrogen-bond acceptors (Lipinski definition) is 8. The van der Waals surface area contributed by atoms with Gasteiger partial charge in [-0.25, -0.2) is 0 Å². The largest absolute Gasteiger partial charge is 0.360 e. The first kappa shape index (κ1) is 31.1. The van der Waals surface area contributed by atoms with Gasteiger partial charge < -0.3 is 4.74 Å². The van der Waals surface area contributed by atoms with Crippen LogP contribution in [-0.2, 0) is 4.74 Å². The predicted octanol–water partition coefficient (Wildman–Crippen LogP) is 6.36. The molecule has 0 spiro atoms. The zero-order chi connectivity index (χ0) is 31.5. The van der Waals surface area contributed by atoms with Gasteiger partial charge in [0.15, 0.2) is 0 Å². The molecular formula is C37H41N7O. The molecule has 7 aliphatic rings. The molecule has 8 heteroatoms. The second-order valence-corrected chi connectivity index (χ2v) is 14.4. The maximum atomic E-state index is 9.77. The summed E-state index contributed by atoms with van der Waals surface area (Å²) in [5.74, 6) is 2.90. The normalized spacial score (nSPS) is 41.1. The van der Waals surface area contributed by atoms with Crippen molar-refractivity contribution >= 4 is 0 Å². The van der Waals surface area contributed by atoms with E-state index in [-0.39, 0.29) is 58.5 Å². The van der Waals surface area contributed by atoms with E-state index in [1.165, 1.54) is 32.1 Å². The van der Waals surface area contributed by atoms with Crippen molar-refractivity contribution in [3.8, 4) is 36.4 Å². The van der Waals surface area contributed by atoms with Crippen LogP contribution in [-0.4, -0.2) is 18.9 Å². The van der Waals surface area contributed by atoms with Crippen LogP contribution in [0.4, 0.5) is 0 Å². The Balaban J connectivity index is 1.30. The van der Waals surface area contributed by atoms with Crippen molar-refractivity contribution in [3.63, 3.8) is 0 Å². The van der Waals surface area contributed by atoms with Crippen molar-refractivity contribution in [2.75, 3.05) is 6.54 Å².